The molecule has 2 aromatic rings. The molecule has 6 heteroatoms. The lowest BCUT2D eigenvalue weighted by Gasteiger charge is -2.19. The number of rotatable bonds is 2. The van der Waals surface area contributed by atoms with Crippen LogP contribution in [0.5, 0.6) is 0 Å². The van der Waals surface area contributed by atoms with Gasteiger partial charge in [-0.2, -0.15) is 4.98 Å². The van der Waals surface area contributed by atoms with Gasteiger partial charge < -0.3 is 14.6 Å². The van der Waals surface area contributed by atoms with Crippen LogP contribution in [0.4, 0.5) is 0 Å². The van der Waals surface area contributed by atoms with Crippen LogP contribution in [-0.2, 0) is 4.74 Å². The zero-order valence-electron chi connectivity index (χ0n) is 10.6. The van der Waals surface area contributed by atoms with Gasteiger partial charge in [0.2, 0.25) is 5.82 Å². The molecule has 0 bridgehead atoms. The predicted molar refractivity (Wildman–Crippen MR) is 73.3 cm³/mol. The Hall–Kier alpha value is -1.43. The normalized spacial score (nSPS) is 18.9. The summed E-state index contributed by atoms with van der Waals surface area (Å²) in [5.74, 6) is 1.15. The molecule has 3 rings (SSSR count). The Balaban J connectivity index is 0.00000133. The first kappa shape index (κ1) is 14.0. The molecule has 102 valence electrons. The van der Waals surface area contributed by atoms with Gasteiger partial charge in [-0.05, 0) is 6.92 Å². The summed E-state index contributed by atoms with van der Waals surface area (Å²) in [6.45, 7) is 4.31. The minimum Gasteiger partial charge on any atom is -0.366 e. The molecule has 1 aliphatic heterocycles. The predicted octanol–water partition coefficient (Wildman–Crippen LogP) is 2.13. The lowest BCUT2D eigenvalue weighted by atomic mass is 10.1. The van der Waals surface area contributed by atoms with E-state index in [0.29, 0.717) is 18.3 Å². The van der Waals surface area contributed by atoms with Gasteiger partial charge in [0, 0.05) is 18.7 Å². The summed E-state index contributed by atoms with van der Waals surface area (Å²) in [6, 6.07) is 8.04. The molecule has 1 aromatic carbocycles. The van der Waals surface area contributed by atoms with Crippen molar-refractivity contribution in [1.29, 1.82) is 0 Å². The molecule has 19 heavy (non-hydrogen) atoms. The molecule has 5 nitrogen and oxygen atoms in total. The van der Waals surface area contributed by atoms with Crippen LogP contribution in [0.2, 0.25) is 0 Å². The standard InChI is InChI=1S/C13H15N3O2.ClH/c1-9-2-4-10(5-3-9)12-15-13(18-16-12)11-8-14-6-7-17-11;/h2-5,11,14H,6-8H2,1H3;1H/t11-;/m0./s1. The topological polar surface area (TPSA) is 60.2 Å². The third kappa shape index (κ3) is 3.12. The van der Waals surface area contributed by atoms with E-state index in [0.717, 1.165) is 18.7 Å². The van der Waals surface area contributed by atoms with Crippen LogP contribution in [0.1, 0.15) is 17.6 Å². The number of nitrogens with one attached hydrogen (secondary N) is 1. The maximum atomic E-state index is 5.57. The molecule has 0 aliphatic carbocycles. The third-order valence-corrected chi connectivity index (χ3v) is 2.95. The van der Waals surface area contributed by atoms with Gasteiger partial charge in [-0.15, -0.1) is 12.4 Å². The van der Waals surface area contributed by atoms with Crippen LogP contribution in [0.15, 0.2) is 28.8 Å². The van der Waals surface area contributed by atoms with Gasteiger partial charge in [0.05, 0.1) is 6.61 Å². The van der Waals surface area contributed by atoms with Crippen LogP contribution in [0.25, 0.3) is 11.4 Å². The quantitative estimate of drug-likeness (QED) is 0.914. The van der Waals surface area contributed by atoms with Gasteiger partial charge in [0.25, 0.3) is 5.89 Å². The number of hydrogen-bond donors (Lipinski definition) is 1. The zero-order valence-corrected chi connectivity index (χ0v) is 11.4. The molecule has 0 amide bonds. The largest absolute Gasteiger partial charge is 0.366 e. The Labute approximate surface area is 117 Å². The smallest absolute Gasteiger partial charge is 0.257 e. The Kier molecular flexibility index (Phi) is 4.52. The summed E-state index contributed by atoms with van der Waals surface area (Å²) < 4.78 is 10.8. The van der Waals surface area contributed by atoms with Crippen molar-refractivity contribution in [2.24, 2.45) is 0 Å². The number of benzene rings is 1. The van der Waals surface area contributed by atoms with Crippen molar-refractivity contribution in [3.63, 3.8) is 0 Å². The summed E-state index contributed by atoms with van der Waals surface area (Å²) in [6.07, 6.45) is -0.134. The molecular formula is C13H16ClN3O2. The van der Waals surface area contributed by atoms with Gasteiger partial charge in [-0.25, -0.2) is 0 Å². The van der Waals surface area contributed by atoms with E-state index in [4.69, 9.17) is 9.26 Å². The maximum absolute atomic E-state index is 5.57. The Morgan fingerprint density at radius 1 is 1.26 bits per heavy atom. The minimum absolute atomic E-state index is 0. The van der Waals surface area contributed by atoms with E-state index < -0.39 is 0 Å². The summed E-state index contributed by atoms with van der Waals surface area (Å²) in [5, 5.41) is 7.23. The van der Waals surface area contributed by atoms with Crippen molar-refractivity contribution >= 4 is 12.4 Å². The molecule has 0 saturated carbocycles. The van der Waals surface area contributed by atoms with E-state index in [-0.39, 0.29) is 18.5 Å². The minimum atomic E-state index is -0.134. The molecule has 1 aliphatic rings. The van der Waals surface area contributed by atoms with E-state index in [2.05, 4.69) is 15.5 Å². The van der Waals surface area contributed by atoms with E-state index in [9.17, 15) is 0 Å². The maximum Gasteiger partial charge on any atom is 0.257 e. The van der Waals surface area contributed by atoms with Gasteiger partial charge in [0.15, 0.2) is 0 Å². The molecule has 1 fully saturated rings. The summed E-state index contributed by atoms with van der Waals surface area (Å²) in [4.78, 5) is 4.39. The first-order valence-corrected chi connectivity index (χ1v) is 6.06. The molecular weight excluding hydrogens is 266 g/mol. The molecule has 0 spiro atoms. The molecule has 1 atom stereocenters. The molecule has 0 unspecified atom stereocenters. The summed E-state index contributed by atoms with van der Waals surface area (Å²) in [5.41, 5.74) is 2.17. The van der Waals surface area contributed by atoms with Gasteiger partial charge in [-0.3, -0.25) is 0 Å². The van der Waals surface area contributed by atoms with E-state index in [1.54, 1.807) is 0 Å². The lowest BCUT2D eigenvalue weighted by molar-refractivity contribution is 0.00755. The summed E-state index contributed by atoms with van der Waals surface area (Å²) in [7, 11) is 0. The van der Waals surface area contributed by atoms with Crippen molar-refractivity contribution in [1.82, 2.24) is 15.5 Å². The number of aromatic nitrogens is 2. The summed E-state index contributed by atoms with van der Waals surface area (Å²) >= 11 is 0. The van der Waals surface area contributed by atoms with E-state index in [1.165, 1.54) is 5.56 Å². The molecule has 1 saturated heterocycles. The highest BCUT2D eigenvalue weighted by atomic mass is 35.5. The van der Waals surface area contributed by atoms with Crippen LogP contribution in [-0.4, -0.2) is 29.8 Å². The Bertz CT molecular complexity index is 521. The lowest BCUT2D eigenvalue weighted by Crippen LogP contribution is -2.33. The van der Waals surface area contributed by atoms with E-state index >= 15 is 0 Å². The van der Waals surface area contributed by atoms with Crippen molar-refractivity contribution in [3.05, 3.63) is 35.7 Å². The van der Waals surface area contributed by atoms with Gasteiger partial charge in [-0.1, -0.05) is 35.0 Å². The Morgan fingerprint density at radius 3 is 2.74 bits per heavy atom. The third-order valence-electron chi connectivity index (χ3n) is 2.95. The average Bonchev–Trinajstić information content (AvgIpc) is 2.90. The highest BCUT2D eigenvalue weighted by Gasteiger charge is 2.22. The van der Waals surface area contributed by atoms with Crippen molar-refractivity contribution in [2.45, 2.75) is 13.0 Å². The first-order valence-electron chi connectivity index (χ1n) is 6.06. The van der Waals surface area contributed by atoms with Crippen molar-refractivity contribution < 1.29 is 9.26 Å². The number of nitrogens with zero attached hydrogens (tertiary/aromatic N) is 2. The molecule has 1 aromatic heterocycles. The fraction of sp³-hybridized carbons (Fsp3) is 0.385. The molecule has 1 N–H and O–H groups in total. The SMILES string of the molecule is Cc1ccc(-c2noc([C@@H]3CNCCO3)n2)cc1.Cl. The number of ether oxygens (including phenoxy) is 1. The van der Waals surface area contributed by atoms with Gasteiger partial charge in [0.1, 0.15) is 6.10 Å². The van der Waals surface area contributed by atoms with Gasteiger partial charge >= 0.3 is 0 Å². The fourth-order valence-corrected chi connectivity index (χ4v) is 1.91. The first-order chi connectivity index (χ1) is 8.83. The average molecular weight is 282 g/mol. The monoisotopic (exact) mass is 281 g/mol. The van der Waals surface area contributed by atoms with Crippen LogP contribution < -0.4 is 5.32 Å². The highest BCUT2D eigenvalue weighted by molar-refractivity contribution is 5.85. The number of hydrogen-bond acceptors (Lipinski definition) is 5. The van der Waals surface area contributed by atoms with E-state index in [1.807, 2.05) is 31.2 Å². The second-order valence-corrected chi connectivity index (χ2v) is 4.39. The molecule has 2 heterocycles. The second-order valence-electron chi connectivity index (χ2n) is 4.39. The number of morpholine rings is 1. The zero-order chi connectivity index (χ0) is 12.4. The second kappa shape index (κ2) is 6.14. The molecule has 0 radical (unpaired) electrons. The van der Waals surface area contributed by atoms with Crippen LogP contribution >= 0.6 is 12.4 Å². The van der Waals surface area contributed by atoms with Crippen molar-refractivity contribution in [3.8, 4) is 11.4 Å². The Morgan fingerprint density at radius 2 is 2.05 bits per heavy atom. The number of halogens is 1. The fourth-order valence-electron chi connectivity index (χ4n) is 1.91. The van der Waals surface area contributed by atoms with Crippen molar-refractivity contribution in [2.75, 3.05) is 19.7 Å². The van der Waals surface area contributed by atoms with Crippen LogP contribution in [0, 0.1) is 6.92 Å². The number of aryl methyl sites for hydroxylation is 1. The van der Waals surface area contributed by atoms with Crippen LogP contribution in [0.3, 0.4) is 0 Å². The highest BCUT2D eigenvalue weighted by Crippen LogP contribution is 2.21.